The zero-order valence-electron chi connectivity index (χ0n) is 11.9. The van der Waals surface area contributed by atoms with Gasteiger partial charge in [0, 0.05) is 18.0 Å². The lowest BCUT2D eigenvalue weighted by molar-refractivity contribution is -0.116. The van der Waals surface area contributed by atoms with Crippen LogP contribution in [0.5, 0.6) is 0 Å². The molecule has 1 heterocycles. The lowest BCUT2D eigenvalue weighted by Crippen LogP contribution is -2.27. The number of sulfonamides is 1. The number of benzene rings is 1. The zero-order chi connectivity index (χ0) is 17.7. The fourth-order valence-corrected chi connectivity index (χ4v) is 3.52. The van der Waals surface area contributed by atoms with Gasteiger partial charge in [-0.3, -0.25) is 4.79 Å². The van der Waals surface area contributed by atoms with Crippen LogP contribution in [0, 0.1) is 0 Å². The van der Waals surface area contributed by atoms with Crippen molar-refractivity contribution in [3.8, 4) is 0 Å². The van der Waals surface area contributed by atoms with Crippen molar-refractivity contribution in [2.24, 2.45) is 0 Å². The van der Waals surface area contributed by atoms with Gasteiger partial charge < -0.3 is 5.32 Å². The predicted octanol–water partition coefficient (Wildman–Crippen LogP) is 2.44. The number of halogens is 3. The maximum absolute atomic E-state index is 12.4. The van der Waals surface area contributed by atoms with Gasteiger partial charge in [0.25, 0.3) is 6.43 Å². The molecule has 24 heavy (non-hydrogen) atoms. The Morgan fingerprint density at radius 1 is 1.33 bits per heavy atom. The third-order valence-corrected chi connectivity index (χ3v) is 5.16. The highest BCUT2D eigenvalue weighted by Gasteiger charge is 2.17. The van der Waals surface area contributed by atoms with Crippen LogP contribution >= 0.6 is 22.9 Å². The molecule has 0 bridgehead atoms. The molecule has 0 atom stereocenters. The highest BCUT2D eigenvalue weighted by Crippen LogP contribution is 2.25. The zero-order valence-corrected chi connectivity index (χ0v) is 14.3. The second-order valence-electron chi connectivity index (χ2n) is 4.40. The van der Waals surface area contributed by atoms with E-state index in [1.54, 1.807) is 0 Å². The molecule has 0 unspecified atom stereocenters. The van der Waals surface area contributed by atoms with Crippen molar-refractivity contribution in [2.45, 2.75) is 17.7 Å². The Kier molecular flexibility index (Phi) is 6.15. The van der Waals surface area contributed by atoms with E-state index >= 15 is 0 Å². The summed E-state index contributed by atoms with van der Waals surface area (Å²) in [5, 5.41) is 8.56. The number of carbonyl (C=O) groups is 1. The summed E-state index contributed by atoms with van der Waals surface area (Å²) in [5.41, 5.74) is 0. The highest BCUT2D eigenvalue weighted by molar-refractivity contribution is 7.89. The van der Waals surface area contributed by atoms with E-state index < -0.39 is 27.4 Å². The molecule has 0 saturated heterocycles. The summed E-state index contributed by atoms with van der Waals surface area (Å²) < 4.78 is 50.9. The lowest BCUT2D eigenvalue weighted by atomic mass is 10.4. The number of amides is 1. The minimum absolute atomic E-state index is 0.0268. The molecule has 2 N–H and O–H groups in total. The van der Waals surface area contributed by atoms with Gasteiger partial charge in [-0.05, 0) is 18.2 Å². The molecule has 130 valence electrons. The highest BCUT2D eigenvalue weighted by atomic mass is 35.5. The third kappa shape index (κ3) is 5.16. The van der Waals surface area contributed by atoms with E-state index in [1.807, 2.05) is 0 Å². The first-order valence-electron chi connectivity index (χ1n) is 6.44. The van der Waals surface area contributed by atoms with Crippen LogP contribution in [0.2, 0.25) is 5.02 Å². The van der Waals surface area contributed by atoms with Crippen LogP contribution in [0.25, 0.3) is 0 Å². The largest absolute Gasteiger partial charge is 0.300 e. The molecule has 1 amide bonds. The molecule has 0 aliphatic carbocycles. The van der Waals surface area contributed by atoms with Crippen LogP contribution in [-0.2, 0) is 14.8 Å². The fourth-order valence-electron chi connectivity index (χ4n) is 1.57. The molecule has 0 radical (unpaired) electrons. The number of hydrogen-bond acceptors (Lipinski definition) is 6. The topological polar surface area (TPSA) is 101 Å². The molecule has 2 aromatic rings. The molecule has 1 aromatic carbocycles. The van der Waals surface area contributed by atoms with E-state index in [4.69, 9.17) is 11.6 Å². The molecule has 0 spiro atoms. The summed E-state index contributed by atoms with van der Waals surface area (Å²) in [5.74, 6) is -0.583. The van der Waals surface area contributed by atoms with Crippen LogP contribution in [0.3, 0.4) is 0 Å². The van der Waals surface area contributed by atoms with Gasteiger partial charge in [0.2, 0.25) is 21.1 Å². The average molecular weight is 397 g/mol. The van der Waals surface area contributed by atoms with Crippen LogP contribution < -0.4 is 10.0 Å². The molecule has 0 aliphatic heterocycles. The predicted molar refractivity (Wildman–Crippen MR) is 84.8 cm³/mol. The Bertz CT molecular complexity index is 829. The van der Waals surface area contributed by atoms with Crippen LogP contribution in [0.15, 0.2) is 29.2 Å². The first kappa shape index (κ1) is 18.6. The third-order valence-electron chi connectivity index (χ3n) is 2.62. The number of alkyl halides is 2. The quantitative estimate of drug-likeness (QED) is 0.748. The average Bonchev–Trinajstić information content (AvgIpc) is 2.95. The first-order valence-corrected chi connectivity index (χ1v) is 9.12. The molecule has 0 aliphatic rings. The van der Waals surface area contributed by atoms with Crippen LogP contribution in [0.1, 0.15) is 17.9 Å². The number of aromatic nitrogens is 2. The molecular weight excluding hydrogens is 386 g/mol. The van der Waals surface area contributed by atoms with Gasteiger partial charge in [0.05, 0.1) is 4.90 Å². The Morgan fingerprint density at radius 3 is 2.71 bits per heavy atom. The van der Waals surface area contributed by atoms with E-state index in [0.29, 0.717) is 11.3 Å². The van der Waals surface area contributed by atoms with Crippen molar-refractivity contribution < 1.29 is 22.0 Å². The molecule has 0 fully saturated rings. The summed E-state index contributed by atoms with van der Waals surface area (Å²) in [7, 11) is -3.80. The monoisotopic (exact) mass is 396 g/mol. The van der Waals surface area contributed by atoms with Gasteiger partial charge >= 0.3 is 0 Å². The van der Waals surface area contributed by atoms with Crippen LogP contribution in [-0.4, -0.2) is 31.1 Å². The van der Waals surface area contributed by atoms with E-state index in [2.05, 4.69) is 20.2 Å². The number of hydrogen-bond donors (Lipinski definition) is 2. The standard InChI is InChI=1S/C12H11ClF2N4O3S2/c13-7-2-1-3-8(6-7)24(21,22)16-5-4-9(20)17-12-19-18-11(23-12)10(14)15/h1-3,6,10,16H,4-5H2,(H,17,19,20). The number of carbonyl (C=O) groups excluding carboxylic acids is 1. The van der Waals surface area contributed by atoms with Gasteiger partial charge in [-0.15, -0.1) is 10.2 Å². The van der Waals surface area contributed by atoms with Gasteiger partial charge in [0.1, 0.15) is 0 Å². The van der Waals surface area contributed by atoms with Crippen molar-refractivity contribution >= 4 is 44.0 Å². The molecule has 1 aromatic heterocycles. The van der Waals surface area contributed by atoms with Crippen molar-refractivity contribution in [1.29, 1.82) is 0 Å². The lowest BCUT2D eigenvalue weighted by Gasteiger charge is -2.06. The number of anilines is 1. The van der Waals surface area contributed by atoms with Gasteiger partial charge in [-0.2, -0.15) is 0 Å². The van der Waals surface area contributed by atoms with E-state index in [-0.39, 0.29) is 28.0 Å². The fraction of sp³-hybridized carbons (Fsp3) is 0.250. The van der Waals surface area contributed by atoms with Crippen LogP contribution in [0.4, 0.5) is 13.9 Å². The molecule has 12 heteroatoms. The Hall–Kier alpha value is -1.69. The summed E-state index contributed by atoms with van der Waals surface area (Å²) in [6.07, 6.45) is -2.97. The van der Waals surface area contributed by atoms with E-state index in [0.717, 1.165) is 0 Å². The smallest absolute Gasteiger partial charge is 0.291 e. The Balaban J connectivity index is 1.85. The SMILES string of the molecule is O=C(CCNS(=O)(=O)c1cccc(Cl)c1)Nc1nnc(C(F)F)s1. The normalized spacial score (nSPS) is 11.7. The summed E-state index contributed by atoms with van der Waals surface area (Å²) in [6, 6.07) is 5.65. The minimum Gasteiger partial charge on any atom is -0.300 e. The van der Waals surface area contributed by atoms with Gasteiger partial charge in [-0.1, -0.05) is 29.0 Å². The van der Waals surface area contributed by atoms with Gasteiger partial charge in [0.15, 0.2) is 5.01 Å². The molecule has 7 nitrogen and oxygen atoms in total. The maximum atomic E-state index is 12.4. The Labute approximate surface area is 145 Å². The molecule has 0 saturated carbocycles. The maximum Gasteiger partial charge on any atom is 0.291 e. The van der Waals surface area contributed by atoms with E-state index in [1.165, 1.54) is 24.3 Å². The second-order valence-corrected chi connectivity index (χ2v) is 7.61. The van der Waals surface area contributed by atoms with Crippen molar-refractivity contribution in [3.63, 3.8) is 0 Å². The van der Waals surface area contributed by atoms with Crippen molar-refractivity contribution in [1.82, 2.24) is 14.9 Å². The molecular formula is C12H11ClF2N4O3S2. The van der Waals surface area contributed by atoms with Gasteiger partial charge in [-0.25, -0.2) is 21.9 Å². The van der Waals surface area contributed by atoms with Crippen molar-refractivity contribution in [2.75, 3.05) is 11.9 Å². The summed E-state index contributed by atoms with van der Waals surface area (Å²) in [6.45, 7) is -0.179. The number of rotatable bonds is 7. The second kappa shape index (κ2) is 7.92. The first-order chi connectivity index (χ1) is 11.3. The van der Waals surface area contributed by atoms with Crippen molar-refractivity contribution in [3.05, 3.63) is 34.3 Å². The Morgan fingerprint density at radius 2 is 2.08 bits per heavy atom. The van der Waals surface area contributed by atoms with E-state index in [9.17, 15) is 22.0 Å². The summed E-state index contributed by atoms with van der Waals surface area (Å²) >= 11 is 6.28. The minimum atomic E-state index is -3.80. The number of nitrogens with zero attached hydrogens (tertiary/aromatic N) is 2. The summed E-state index contributed by atoms with van der Waals surface area (Å²) in [4.78, 5) is 11.6. The molecule has 2 rings (SSSR count). The number of nitrogens with one attached hydrogen (secondary N) is 2.